The standard InChI is InChI=1S/C23H26ClN3O6/c1-4-31-20-10-16(7-9-19(20)33-14-23(30)32-5-2)13-25-27-22(29)12-21(28)26-17-8-6-15(3)18(24)11-17/h6-11,13H,4-5,12,14H2,1-3H3,(H,26,28)(H,27,29). The Bertz CT molecular complexity index is 1030. The van der Waals surface area contributed by atoms with E-state index >= 15 is 0 Å². The van der Waals surface area contributed by atoms with Gasteiger partial charge >= 0.3 is 5.97 Å². The van der Waals surface area contributed by atoms with Gasteiger partial charge in [0.1, 0.15) is 6.42 Å². The van der Waals surface area contributed by atoms with E-state index in [1.807, 2.05) is 13.8 Å². The first kappa shape index (κ1) is 25.7. The molecule has 0 atom stereocenters. The summed E-state index contributed by atoms with van der Waals surface area (Å²) in [6.07, 6.45) is 0.987. The van der Waals surface area contributed by atoms with Crippen molar-refractivity contribution >= 4 is 41.3 Å². The van der Waals surface area contributed by atoms with Crippen LogP contribution in [-0.2, 0) is 19.1 Å². The highest BCUT2D eigenvalue weighted by molar-refractivity contribution is 6.31. The number of anilines is 1. The third kappa shape index (κ3) is 8.82. The summed E-state index contributed by atoms with van der Waals surface area (Å²) in [6, 6.07) is 10.0. The average molecular weight is 476 g/mol. The minimum Gasteiger partial charge on any atom is -0.490 e. The van der Waals surface area contributed by atoms with Crippen molar-refractivity contribution in [1.82, 2.24) is 5.43 Å². The quantitative estimate of drug-likeness (QED) is 0.222. The Morgan fingerprint density at radius 1 is 1.00 bits per heavy atom. The van der Waals surface area contributed by atoms with Crippen molar-refractivity contribution in [1.29, 1.82) is 0 Å². The maximum atomic E-state index is 12.0. The Balaban J connectivity index is 1.90. The fraction of sp³-hybridized carbons (Fsp3) is 0.304. The molecule has 0 radical (unpaired) electrons. The number of aryl methyl sites for hydroxylation is 1. The summed E-state index contributed by atoms with van der Waals surface area (Å²) in [4.78, 5) is 35.5. The van der Waals surface area contributed by atoms with Gasteiger partial charge in [0.05, 0.1) is 19.4 Å². The summed E-state index contributed by atoms with van der Waals surface area (Å²) < 4.78 is 15.8. The van der Waals surface area contributed by atoms with Gasteiger partial charge < -0.3 is 19.5 Å². The van der Waals surface area contributed by atoms with E-state index in [1.54, 1.807) is 43.3 Å². The highest BCUT2D eigenvalue weighted by Gasteiger charge is 2.11. The molecule has 2 aromatic carbocycles. The molecule has 0 saturated carbocycles. The Morgan fingerprint density at radius 2 is 1.79 bits per heavy atom. The zero-order valence-electron chi connectivity index (χ0n) is 18.6. The van der Waals surface area contributed by atoms with Crippen molar-refractivity contribution in [2.75, 3.05) is 25.1 Å². The molecular formula is C23H26ClN3O6. The van der Waals surface area contributed by atoms with Crippen LogP contribution in [0.2, 0.25) is 5.02 Å². The van der Waals surface area contributed by atoms with E-state index in [4.69, 9.17) is 25.8 Å². The van der Waals surface area contributed by atoms with Crippen LogP contribution in [0.1, 0.15) is 31.4 Å². The molecule has 0 unspecified atom stereocenters. The van der Waals surface area contributed by atoms with Crippen molar-refractivity contribution in [3.63, 3.8) is 0 Å². The maximum Gasteiger partial charge on any atom is 0.344 e. The second-order valence-corrected chi connectivity index (χ2v) is 7.12. The molecule has 176 valence electrons. The number of hydrogen-bond acceptors (Lipinski definition) is 7. The van der Waals surface area contributed by atoms with Crippen LogP contribution in [0.4, 0.5) is 5.69 Å². The number of nitrogens with one attached hydrogen (secondary N) is 2. The normalized spacial score (nSPS) is 10.5. The lowest BCUT2D eigenvalue weighted by Gasteiger charge is -2.12. The zero-order valence-corrected chi connectivity index (χ0v) is 19.4. The van der Waals surface area contributed by atoms with Crippen molar-refractivity contribution in [3.05, 3.63) is 52.5 Å². The third-order valence-corrected chi connectivity index (χ3v) is 4.51. The molecule has 0 saturated heterocycles. The average Bonchev–Trinajstić information content (AvgIpc) is 2.76. The first-order valence-corrected chi connectivity index (χ1v) is 10.6. The summed E-state index contributed by atoms with van der Waals surface area (Å²) in [7, 11) is 0. The minimum atomic E-state index is -0.582. The number of ether oxygens (including phenoxy) is 3. The molecular weight excluding hydrogens is 450 g/mol. The molecule has 2 aromatic rings. The largest absolute Gasteiger partial charge is 0.490 e. The van der Waals surface area contributed by atoms with Crippen LogP contribution in [0.5, 0.6) is 11.5 Å². The number of carbonyl (C=O) groups excluding carboxylic acids is 3. The topological polar surface area (TPSA) is 115 Å². The Kier molecular flexibility index (Phi) is 10.2. The highest BCUT2D eigenvalue weighted by Crippen LogP contribution is 2.28. The van der Waals surface area contributed by atoms with Gasteiger partial charge in [-0.05, 0) is 62.2 Å². The lowest BCUT2D eigenvalue weighted by atomic mass is 10.2. The van der Waals surface area contributed by atoms with Gasteiger partial charge in [-0.25, -0.2) is 10.2 Å². The summed E-state index contributed by atoms with van der Waals surface area (Å²) in [6.45, 7) is 5.78. The van der Waals surface area contributed by atoms with Gasteiger partial charge in [0.2, 0.25) is 11.8 Å². The van der Waals surface area contributed by atoms with Crippen molar-refractivity contribution in [2.45, 2.75) is 27.2 Å². The molecule has 0 spiro atoms. The van der Waals surface area contributed by atoms with Crippen molar-refractivity contribution in [2.24, 2.45) is 5.10 Å². The van der Waals surface area contributed by atoms with E-state index in [1.165, 1.54) is 6.21 Å². The fourth-order valence-electron chi connectivity index (χ4n) is 2.57. The van der Waals surface area contributed by atoms with Crippen molar-refractivity contribution in [3.8, 4) is 11.5 Å². The molecule has 2 amide bonds. The monoisotopic (exact) mass is 475 g/mol. The number of hydrogen-bond donors (Lipinski definition) is 2. The molecule has 2 N–H and O–H groups in total. The number of hydrazone groups is 1. The lowest BCUT2D eigenvalue weighted by molar-refractivity contribution is -0.145. The minimum absolute atomic E-state index is 0.242. The molecule has 0 heterocycles. The molecule has 33 heavy (non-hydrogen) atoms. The van der Waals surface area contributed by atoms with Gasteiger partial charge in [0, 0.05) is 10.7 Å². The van der Waals surface area contributed by atoms with E-state index in [-0.39, 0.29) is 13.2 Å². The summed E-state index contributed by atoms with van der Waals surface area (Å²) in [5.41, 5.74) is 4.29. The van der Waals surface area contributed by atoms with Crippen LogP contribution in [0.3, 0.4) is 0 Å². The second kappa shape index (κ2) is 13.1. The SMILES string of the molecule is CCOC(=O)COc1ccc(C=NNC(=O)CC(=O)Nc2ccc(C)c(Cl)c2)cc1OCC. The van der Waals surface area contributed by atoms with Crippen LogP contribution < -0.4 is 20.2 Å². The van der Waals surface area contributed by atoms with Crippen molar-refractivity contribution < 1.29 is 28.6 Å². The molecule has 9 nitrogen and oxygen atoms in total. The number of benzene rings is 2. The van der Waals surface area contributed by atoms with E-state index in [0.717, 1.165) is 5.56 Å². The van der Waals surface area contributed by atoms with Gasteiger partial charge in [-0.2, -0.15) is 5.10 Å². The summed E-state index contributed by atoms with van der Waals surface area (Å²) >= 11 is 6.03. The molecule has 0 aromatic heterocycles. The molecule has 0 aliphatic carbocycles. The second-order valence-electron chi connectivity index (χ2n) is 6.71. The van der Waals surface area contributed by atoms with Gasteiger partial charge in [0.25, 0.3) is 0 Å². The van der Waals surface area contributed by atoms with Crippen LogP contribution >= 0.6 is 11.6 Å². The highest BCUT2D eigenvalue weighted by atomic mass is 35.5. The molecule has 0 fully saturated rings. The van der Waals surface area contributed by atoms with E-state index in [2.05, 4.69) is 15.8 Å². The first-order chi connectivity index (χ1) is 15.8. The van der Waals surface area contributed by atoms with Crippen LogP contribution in [0.15, 0.2) is 41.5 Å². The first-order valence-electron chi connectivity index (χ1n) is 10.3. The smallest absolute Gasteiger partial charge is 0.344 e. The lowest BCUT2D eigenvalue weighted by Crippen LogP contribution is -2.24. The fourth-order valence-corrected chi connectivity index (χ4v) is 2.75. The molecule has 2 rings (SSSR count). The Hall–Kier alpha value is -3.59. The van der Waals surface area contributed by atoms with Gasteiger partial charge in [-0.15, -0.1) is 0 Å². The number of amides is 2. The van der Waals surface area contributed by atoms with Gasteiger partial charge in [-0.3, -0.25) is 9.59 Å². The van der Waals surface area contributed by atoms with Crippen LogP contribution in [0.25, 0.3) is 0 Å². The number of esters is 1. The Labute approximate surface area is 197 Å². The van der Waals surface area contributed by atoms with Crippen LogP contribution in [-0.4, -0.2) is 43.8 Å². The predicted octanol–water partition coefficient (Wildman–Crippen LogP) is 3.47. The molecule has 0 bridgehead atoms. The molecule has 0 aliphatic heterocycles. The van der Waals surface area contributed by atoms with Gasteiger partial charge in [-0.1, -0.05) is 17.7 Å². The predicted molar refractivity (Wildman–Crippen MR) is 125 cm³/mol. The zero-order chi connectivity index (χ0) is 24.2. The number of rotatable bonds is 11. The Morgan fingerprint density at radius 3 is 2.48 bits per heavy atom. The van der Waals surface area contributed by atoms with E-state index in [0.29, 0.717) is 34.4 Å². The van der Waals surface area contributed by atoms with Gasteiger partial charge in [0.15, 0.2) is 18.1 Å². The molecule has 0 aliphatic rings. The summed E-state index contributed by atoms with van der Waals surface area (Å²) in [5, 5.41) is 6.98. The number of halogens is 1. The van der Waals surface area contributed by atoms with E-state index in [9.17, 15) is 14.4 Å². The number of nitrogens with zero attached hydrogens (tertiary/aromatic N) is 1. The molecule has 10 heteroatoms. The van der Waals surface area contributed by atoms with Crippen LogP contribution in [0, 0.1) is 6.92 Å². The summed E-state index contributed by atoms with van der Waals surface area (Å²) in [5.74, 6) is -0.777. The number of carbonyl (C=O) groups is 3. The van der Waals surface area contributed by atoms with E-state index < -0.39 is 24.2 Å². The maximum absolute atomic E-state index is 12.0. The third-order valence-electron chi connectivity index (χ3n) is 4.10.